The fourth-order valence-corrected chi connectivity index (χ4v) is 4.29. The van der Waals surface area contributed by atoms with Crippen LogP contribution in [0.4, 0.5) is 10.3 Å². The Morgan fingerprint density at radius 3 is 2.63 bits per heavy atom. The highest BCUT2D eigenvalue weighted by Gasteiger charge is 2.21. The predicted octanol–water partition coefficient (Wildman–Crippen LogP) is 1.53. The first-order chi connectivity index (χ1) is 9.04. The van der Waals surface area contributed by atoms with Gasteiger partial charge in [-0.2, -0.15) is 8.42 Å². The summed E-state index contributed by atoms with van der Waals surface area (Å²) in [5.74, 6) is 0. The number of hydrogen-bond acceptors (Lipinski definition) is 8. The number of benzene rings is 1. The molecule has 0 radical (unpaired) electrons. The van der Waals surface area contributed by atoms with E-state index in [-0.39, 0.29) is 14.6 Å². The lowest BCUT2D eigenvalue weighted by Crippen LogP contribution is -2.12. The lowest BCUT2D eigenvalue weighted by Gasteiger charge is -1.99. The molecule has 0 aliphatic heterocycles. The summed E-state index contributed by atoms with van der Waals surface area (Å²) in [5, 5.41) is 7.37. The van der Waals surface area contributed by atoms with Gasteiger partial charge in [0.05, 0.1) is 10.2 Å². The van der Waals surface area contributed by atoms with E-state index in [2.05, 4.69) is 19.9 Å². The number of nitrogens with two attached hydrogens (primary N) is 1. The minimum atomic E-state index is -3.78. The van der Waals surface area contributed by atoms with E-state index in [1.54, 1.807) is 0 Å². The summed E-state index contributed by atoms with van der Waals surface area (Å²) in [6.45, 7) is 0. The van der Waals surface area contributed by atoms with Gasteiger partial charge in [0.1, 0.15) is 0 Å². The molecule has 10 heteroatoms. The van der Waals surface area contributed by atoms with E-state index in [0.717, 1.165) is 21.6 Å². The van der Waals surface area contributed by atoms with Gasteiger partial charge in [-0.05, 0) is 12.1 Å². The zero-order chi connectivity index (χ0) is 13.5. The third kappa shape index (κ3) is 2.37. The van der Waals surface area contributed by atoms with Gasteiger partial charge in [-0.1, -0.05) is 34.8 Å². The molecule has 0 unspecified atom stereocenters. The molecule has 19 heavy (non-hydrogen) atoms. The lowest BCUT2D eigenvalue weighted by atomic mass is 10.3. The molecule has 0 aliphatic rings. The molecule has 0 fully saturated rings. The maximum absolute atomic E-state index is 12.0. The average molecular weight is 313 g/mol. The Balaban J connectivity index is 1.96. The fraction of sp³-hybridized carbons (Fsp3) is 0. The van der Waals surface area contributed by atoms with Gasteiger partial charge in [0.25, 0.3) is 14.4 Å². The topological polar surface area (TPSA) is 111 Å². The first-order valence-corrected chi connectivity index (χ1v) is 8.13. The van der Waals surface area contributed by atoms with Crippen molar-refractivity contribution in [2.75, 3.05) is 10.5 Å². The van der Waals surface area contributed by atoms with E-state index in [1.807, 2.05) is 24.3 Å². The number of anilines is 2. The van der Waals surface area contributed by atoms with Crippen LogP contribution in [0.2, 0.25) is 0 Å². The Bertz CT molecular complexity index is 805. The van der Waals surface area contributed by atoms with Crippen molar-refractivity contribution in [3.63, 3.8) is 0 Å². The highest BCUT2D eigenvalue weighted by molar-refractivity contribution is 7.94. The Hall–Kier alpha value is -1.78. The first-order valence-electron chi connectivity index (χ1n) is 5.02. The van der Waals surface area contributed by atoms with Gasteiger partial charge in [0.2, 0.25) is 5.13 Å². The second-order valence-electron chi connectivity index (χ2n) is 3.50. The number of rotatable bonds is 3. The van der Waals surface area contributed by atoms with Crippen LogP contribution in [0.1, 0.15) is 0 Å². The van der Waals surface area contributed by atoms with Crippen molar-refractivity contribution in [1.82, 2.24) is 15.2 Å². The van der Waals surface area contributed by atoms with Crippen LogP contribution in [0.3, 0.4) is 0 Å². The van der Waals surface area contributed by atoms with E-state index in [1.165, 1.54) is 11.3 Å². The zero-order valence-corrected chi connectivity index (χ0v) is 11.7. The van der Waals surface area contributed by atoms with Crippen molar-refractivity contribution in [3.8, 4) is 0 Å². The third-order valence-corrected chi connectivity index (χ3v) is 5.71. The molecule has 2 aromatic heterocycles. The highest BCUT2D eigenvalue weighted by Crippen LogP contribution is 2.28. The minimum absolute atomic E-state index is 0.102. The molecule has 0 spiro atoms. The molecular weight excluding hydrogens is 306 g/mol. The normalized spacial score (nSPS) is 11.8. The summed E-state index contributed by atoms with van der Waals surface area (Å²) in [6.07, 6.45) is 0. The van der Waals surface area contributed by atoms with Gasteiger partial charge in [-0.15, -0.1) is 10.2 Å². The highest BCUT2D eigenvalue weighted by atomic mass is 32.2. The first kappa shape index (κ1) is 12.3. The number of nitrogens with one attached hydrogen (secondary N) is 1. The smallest absolute Gasteiger partial charge is 0.293 e. The number of nitrogen functional groups attached to an aromatic ring is 1. The van der Waals surface area contributed by atoms with Crippen molar-refractivity contribution < 1.29 is 8.42 Å². The van der Waals surface area contributed by atoms with Crippen molar-refractivity contribution in [2.45, 2.75) is 4.34 Å². The second kappa shape index (κ2) is 4.40. The number of fused-ring (bicyclic) bond motifs is 1. The number of sulfonamides is 1. The molecule has 0 atom stereocenters. The summed E-state index contributed by atoms with van der Waals surface area (Å²) < 4.78 is 27.1. The van der Waals surface area contributed by atoms with Crippen molar-refractivity contribution >= 4 is 53.2 Å². The van der Waals surface area contributed by atoms with Crippen LogP contribution in [-0.2, 0) is 10.0 Å². The van der Waals surface area contributed by atoms with Crippen LogP contribution in [0.25, 0.3) is 10.2 Å². The standard InChI is InChI=1S/C9H7N5O2S3/c10-7-12-13-9(18-7)19(15,16)14-8-11-5-3-1-2-4-6(5)17-8/h1-4H,(H2,10,12)(H,11,14). The van der Waals surface area contributed by atoms with E-state index < -0.39 is 10.0 Å². The van der Waals surface area contributed by atoms with E-state index in [0.29, 0.717) is 0 Å². The maximum atomic E-state index is 12.0. The number of para-hydroxylation sites is 1. The van der Waals surface area contributed by atoms with Crippen molar-refractivity contribution in [3.05, 3.63) is 24.3 Å². The van der Waals surface area contributed by atoms with Crippen LogP contribution < -0.4 is 10.5 Å². The van der Waals surface area contributed by atoms with Gasteiger partial charge in [0, 0.05) is 0 Å². The van der Waals surface area contributed by atoms with Gasteiger partial charge in [0.15, 0.2) is 5.13 Å². The number of nitrogens with zero attached hydrogens (tertiary/aromatic N) is 3. The average Bonchev–Trinajstić information content (AvgIpc) is 2.94. The predicted molar refractivity (Wildman–Crippen MR) is 74.7 cm³/mol. The minimum Gasteiger partial charge on any atom is -0.374 e. The molecule has 0 aliphatic carbocycles. The molecule has 7 nitrogen and oxygen atoms in total. The van der Waals surface area contributed by atoms with Crippen LogP contribution in [0.5, 0.6) is 0 Å². The molecule has 0 saturated carbocycles. The second-order valence-corrected chi connectivity index (χ2v) is 7.39. The van der Waals surface area contributed by atoms with Crippen LogP contribution >= 0.6 is 22.7 Å². The van der Waals surface area contributed by atoms with E-state index in [4.69, 9.17) is 5.73 Å². The van der Waals surface area contributed by atoms with Crippen LogP contribution in [-0.4, -0.2) is 23.6 Å². The number of hydrogen-bond donors (Lipinski definition) is 2. The van der Waals surface area contributed by atoms with E-state index in [9.17, 15) is 8.42 Å². The molecule has 0 bridgehead atoms. The Kier molecular flexibility index (Phi) is 2.84. The molecule has 1 aromatic carbocycles. The quantitative estimate of drug-likeness (QED) is 0.758. The molecule has 0 amide bonds. The lowest BCUT2D eigenvalue weighted by molar-refractivity contribution is 0.599. The Morgan fingerprint density at radius 1 is 1.16 bits per heavy atom. The van der Waals surface area contributed by atoms with Crippen molar-refractivity contribution in [1.29, 1.82) is 0 Å². The Labute approximate surface area is 116 Å². The van der Waals surface area contributed by atoms with E-state index >= 15 is 0 Å². The SMILES string of the molecule is Nc1nnc(S(=O)(=O)Nc2nc3ccccc3s2)s1. The third-order valence-electron chi connectivity index (χ3n) is 2.17. The maximum Gasteiger partial charge on any atom is 0.293 e. The van der Waals surface area contributed by atoms with Crippen LogP contribution in [0.15, 0.2) is 28.6 Å². The van der Waals surface area contributed by atoms with Gasteiger partial charge in [-0.3, -0.25) is 4.72 Å². The summed E-state index contributed by atoms with van der Waals surface area (Å²) in [4.78, 5) is 4.18. The summed E-state index contributed by atoms with van der Waals surface area (Å²) in [7, 11) is -3.78. The molecule has 2 heterocycles. The monoisotopic (exact) mass is 313 g/mol. The molecule has 3 aromatic rings. The molecular formula is C9H7N5O2S3. The zero-order valence-electron chi connectivity index (χ0n) is 9.27. The summed E-state index contributed by atoms with van der Waals surface area (Å²) >= 11 is 2.05. The van der Waals surface area contributed by atoms with Gasteiger partial charge >= 0.3 is 0 Å². The van der Waals surface area contributed by atoms with Gasteiger partial charge < -0.3 is 5.73 Å². The van der Waals surface area contributed by atoms with Gasteiger partial charge in [-0.25, -0.2) is 4.98 Å². The number of aromatic nitrogens is 3. The molecule has 98 valence electrons. The van der Waals surface area contributed by atoms with Crippen LogP contribution in [0, 0.1) is 0 Å². The summed E-state index contributed by atoms with van der Waals surface area (Å²) in [5.41, 5.74) is 6.11. The molecule has 0 saturated heterocycles. The Morgan fingerprint density at radius 2 is 1.95 bits per heavy atom. The fourth-order valence-electron chi connectivity index (χ4n) is 1.40. The number of thiazole rings is 1. The van der Waals surface area contributed by atoms with Crippen molar-refractivity contribution in [2.24, 2.45) is 0 Å². The largest absolute Gasteiger partial charge is 0.374 e. The molecule has 3 rings (SSSR count). The summed E-state index contributed by atoms with van der Waals surface area (Å²) in [6, 6.07) is 7.39. The molecule has 3 N–H and O–H groups in total.